The molecule has 0 aliphatic carbocycles. The van der Waals surface area contributed by atoms with Crippen LogP contribution in [0.2, 0.25) is 0 Å². The number of fused-ring (bicyclic) bond motifs is 1. The summed E-state index contributed by atoms with van der Waals surface area (Å²) in [5, 5.41) is 6.03. The zero-order chi connectivity index (χ0) is 17.5. The highest BCUT2D eigenvalue weighted by atomic mass is 16.5. The Labute approximate surface area is 150 Å². The SMILES string of the molecule is Cc1c(-c2nc([C@@H]3CCOC3)nn2-c2ccncc2)[nH]c2ccccc12. The standard InChI is InChI=1S/C20H19N5O/c1-13-16-4-2-3-5-17(16)22-18(13)20-23-19(14-8-11-26-12-14)24-25(20)15-6-9-21-10-7-15/h2-7,9-10,14,22H,8,11-12H2,1H3/t14-/m1/s1. The van der Waals surface area contributed by atoms with E-state index >= 15 is 0 Å². The summed E-state index contributed by atoms with van der Waals surface area (Å²) in [5.74, 6) is 1.92. The van der Waals surface area contributed by atoms with E-state index in [1.165, 1.54) is 10.9 Å². The van der Waals surface area contributed by atoms with Crippen LogP contribution in [0.5, 0.6) is 0 Å². The molecule has 6 nitrogen and oxygen atoms in total. The van der Waals surface area contributed by atoms with Gasteiger partial charge >= 0.3 is 0 Å². The number of aromatic amines is 1. The van der Waals surface area contributed by atoms with Crippen molar-refractivity contribution in [2.24, 2.45) is 0 Å². The molecule has 4 heterocycles. The van der Waals surface area contributed by atoms with Crippen LogP contribution in [0.15, 0.2) is 48.8 Å². The molecule has 1 atom stereocenters. The van der Waals surface area contributed by atoms with Gasteiger partial charge in [0.25, 0.3) is 0 Å². The Hall–Kier alpha value is -2.99. The smallest absolute Gasteiger partial charge is 0.180 e. The van der Waals surface area contributed by atoms with Crippen LogP contribution in [0.1, 0.15) is 23.7 Å². The Bertz CT molecular complexity index is 1060. The molecule has 1 N–H and O–H groups in total. The van der Waals surface area contributed by atoms with E-state index in [9.17, 15) is 0 Å². The van der Waals surface area contributed by atoms with Gasteiger partial charge in [-0.1, -0.05) is 18.2 Å². The molecule has 130 valence electrons. The second-order valence-electron chi connectivity index (χ2n) is 6.64. The lowest BCUT2D eigenvalue weighted by atomic mass is 10.1. The molecular weight excluding hydrogens is 326 g/mol. The monoisotopic (exact) mass is 345 g/mol. The fourth-order valence-corrected chi connectivity index (χ4v) is 3.57. The lowest BCUT2D eigenvalue weighted by molar-refractivity contribution is 0.193. The Morgan fingerprint density at radius 2 is 2.00 bits per heavy atom. The third-order valence-electron chi connectivity index (χ3n) is 5.02. The van der Waals surface area contributed by atoms with E-state index in [1.54, 1.807) is 12.4 Å². The van der Waals surface area contributed by atoms with Crippen molar-refractivity contribution in [3.8, 4) is 17.2 Å². The van der Waals surface area contributed by atoms with Crippen molar-refractivity contribution in [1.29, 1.82) is 0 Å². The Kier molecular flexibility index (Phi) is 3.57. The summed E-state index contributed by atoms with van der Waals surface area (Å²) < 4.78 is 7.45. The van der Waals surface area contributed by atoms with Crippen molar-refractivity contribution in [1.82, 2.24) is 24.7 Å². The molecule has 4 aromatic rings. The van der Waals surface area contributed by atoms with Crippen LogP contribution in [0, 0.1) is 6.92 Å². The van der Waals surface area contributed by atoms with E-state index < -0.39 is 0 Å². The number of H-pyrrole nitrogens is 1. The second kappa shape index (κ2) is 6.07. The topological polar surface area (TPSA) is 68.6 Å². The molecule has 26 heavy (non-hydrogen) atoms. The van der Waals surface area contributed by atoms with Gasteiger partial charge in [-0.15, -0.1) is 0 Å². The number of nitrogens with one attached hydrogen (secondary N) is 1. The number of ether oxygens (including phenoxy) is 1. The van der Waals surface area contributed by atoms with E-state index in [0.29, 0.717) is 6.61 Å². The van der Waals surface area contributed by atoms with E-state index in [2.05, 4.69) is 35.1 Å². The first-order valence-corrected chi connectivity index (χ1v) is 8.84. The third-order valence-corrected chi connectivity index (χ3v) is 5.02. The summed E-state index contributed by atoms with van der Waals surface area (Å²) in [6, 6.07) is 12.2. The minimum absolute atomic E-state index is 0.251. The van der Waals surface area contributed by atoms with Crippen molar-refractivity contribution in [2.75, 3.05) is 13.2 Å². The molecule has 6 heteroatoms. The largest absolute Gasteiger partial charge is 0.381 e. The van der Waals surface area contributed by atoms with Crippen LogP contribution in [-0.2, 0) is 4.74 Å². The molecule has 0 bridgehead atoms. The van der Waals surface area contributed by atoms with Gasteiger partial charge in [-0.05, 0) is 37.1 Å². The van der Waals surface area contributed by atoms with Gasteiger partial charge in [0.15, 0.2) is 11.6 Å². The number of para-hydroxylation sites is 1. The number of aromatic nitrogens is 5. The van der Waals surface area contributed by atoms with E-state index in [1.807, 2.05) is 22.9 Å². The maximum Gasteiger partial charge on any atom is 0.180 e. The zero-order valence-electron chi connectivity index (χ0n) is 14.5. The number of rotatable bonds is 3. The molecule has 1 saturated heterocycles. The maximum atomic E-state index is 5.54. The maximum absolute atomic E-state index is 5.54. The summed E-state index contributed by atoms with van der Waals surface area (Å²) >= 11 is 0. The summed E-state index contributed by atoms with van der Waals surface area (Å²) in [6.45, 7) is 3.58. The lowest BCUT2D eigenvalue weighted by Gasteiger charge is -2.05. The minimum Gasteiger partial charge on any atom is -0.381 e. The normalized spacial score (nSPS) is 17.2. The third kappa shape index (κ3) is 2.42. The molecule has 3 aromatic heterocycles. The first kappa shape index (κ1) is 15.3. The molecule has 1 aromatic carbocycles. The van der Waals surface area contributed by atoms with Gasteiger partial charge in [-0.3, -0.25) is 4.98 Å². The highest BCUT2D eigenvalue weighted by Crippen LogP contribution is 2.32. The van der Waals surface area contributed by atoms with E-state index in [4.69, 9.17) is 14.8 Å². The van der Waals surface area contributed by atoms with Crippen LogP contribution in [0.4, 0.5) is 0 Å². The predicted octanol–water partition coefficient (Wildman–Crippen LogP) is 3.62. The number of aryl methyl sites for hydroxylation is 1. The highest BCUT2D eigenvalue weighted by molar-refractivity contribution is 5.89. The second-order valence-corrected chi connectivity index (χ2v) is 6.64. The van der Waals surface area contributed by atoms with Gasteiger partial charge in [0.2, 0.25) is 0 Å². The number of nitrogens with zero attached hydrogens (tertiary/aromatic N) is 4. The van der Waals surface area contributed by atoms with Gasteiger partial charge in [0.05, 0.1) is 18.0 Å². The molecule has 1 fully saturated rings. The molecule has 5 rings (SSSR count). The zero-order valence-corrected chi connectivity index (χ0v) is 14.5. The fraction of sp³-hybridized carbons (Fsp3) is 0.250. The molecule has 1 aliphatic heterocycles. The first-order valence-electron chi connectivity index (χ1n) is 8.84. The molecule has 1 aliphatic rings. The van der Waals surface area contributed by atoms with Crippen molar-refractivity contribution in [3.05, 3.63) is 60.2 Å². The summed E-state index contributed by atoms with van der Waals surface area (Å²) in [6.07, 6.45) is 4.51. The Balaban J connectivity index is 1.72. The highest BCUT2D eigenvalue weighted by Gasteiger charge is 2.26. The Morgan fingerprint density at radius 1 is 1.15 bits per heavy atom. The van der Waals surface area contributed by atoms with Crippen molar-refractivity contribution >= 4 is 10.9 Å². The van der Waals surface area contributed by atoms with Crippen LogP contribution in [0.25, 0.3) is 28.1 Å². The van der Waals surface area contributed by atoms with Gasteiger partial charge in [-0.25, -0.2) is 9.67 Å². The fourth-order valence-electron chi connectivity index (χ4n) is 3.57. The van der Waals surface area contributed by atoms with Crippen molar-refractivity contribution < 1.29 is 4.74 Å². The quantitative estimate of drug-likeness (QED) is 0.616. The number of pyridine rings is 1. The Morgan fingerprint density at radius 3 is 2.77 bits per heavy atom. The van der Waals surface area contributed by atoms with Gasteiger partial charge < -0.3 is 9.72 Å². The molecule has 0 amide bonds. The average molecular weight is 345 g/mol. The molecular formula is C20H19N5O. The van der Waals surface area contributed by atoms with Crippen molar-refractivity contribution in [3.63, 3.8) is 0 Å². The first-order chi connectivity index (χ1) is 12.8. The predicted molar refractivity (Wildman–Crippen MR) is 99.4 cm³/mol. The van der Waals surface area contributed by atoms with Crippen LogP contribution in [0.3, 0.4) is 0 Å². The van der Waals surface area contributed by atoms with Crippen LogP contribution < -0.4 is 0 Å². The summed E-state index contributed by atoms with van der Waals surface area (Å²) in [7, 11) is 0. The lowest BCUT2D eigenvalue weighted by Crippen LogP contribution is -2.03. The number of benzene rings is 1. The summed E-state index contributed by atoms with van der Waals surface area (Å²) in [4.78, 5) is 12.6. The number of hydrogen-bond acceptors (Lipinski definition) is 4. The van der Waals surface area contributed by atoms with Gasteiger partial charge in [-0.2, -0.15) is 5.10 Å². The van der Waals surface area contributed by atoms with Gasteiger partial charge in [0.1, 0.15) is 0 Å². The van der Waals surface area contributed by atoms with Crippen LogP contribution in [-0.4, -0.2) is 37.9 Å². The van der Waals surface area contributed by atoms with Crippen LogP contribution >= 0.6 is 0 Å². The molecule has 0 unspecified atom stereocenters. The van der Waals surface area contributed by atoms with E-state index in [0.717, 1.165) is 41.6 Å². The summed E-state index contributed by atoms with van der Waals surface area (Å²) in [5.41, 5.74) is 4.24. The average Bonchev–Trinajstić information content (AvgIpc) is 3.41. The number of hydrogen-bond donors (Lipinski definition) is 1. The molecule has 0 spiro atoms. The minimum atomic E-state index is 0.251. The molecule has 0 radical (unpaired) electrons. The van der Waals surface area contributed by atoms with E-state index in [-0.39, 0.29) is 5.92 Å². The molecule has 0 saturated carbocycles. The van der Waals surface area contributed by atoms with Crippen molar-refractivity contribution in [2.45, 2.75) is 19.3 Å². The van der Waals surface area contributed by atoms with Gasteiger partial charge in [0, 0.05) is 35.8 Å².